The third-order valence-electron chi connectivity index (χ3n) is 4.07. The van der Waals surface area contributed by atoms with Crippen molar-refractivity contribution in [1.82, 2.24) is 19.9 Å². The predicted octanol–water partition coefficient (Wildman–Crippen LogP) is 2.63. The Balaban J connectivity index is 1.61. The Morgan fingerprint density at radius 3 is 3.00 bits per heavy atom. The van der Waals surface area contributed by atoms with Gasteiger partial charge >= 0.3 is 0 Å². The molecule has 6 nitrogen and oxygen atoms in total. The third-order valence-corrected chi connectivity index (χ3v) is 4.95. The van der Waals surface area contributed by atoms with E-state index < -0.39 is 6.10 Å². The summed E-state index contributed by atoms with van der Waals surface area (Å²) in [4.78, 5) is 18.5. The lowest BCUT2D eigenvalue weighted by molar-refractivity contribution is 0.195. The minimum Gasteiger partial charge on any atom is -0.386 e. The van der Waals surface area contributed by atoms with E-state index in [1.165, 1.54) is 11.3 Å². The van der Waals surface area contributed by atoms with Crippen LogP contribution in [0.25, 0.3) is 11.5 Å². The SMILES string of the molecule is OC(CNc1nc(-c2ccccn2)nc2c1CCC2)c1cncs1. The molecule has 0 saturated carbocycles. The molecule has 2 N–H and O–H groups in total. The average Bonchev–Trinajstić information content (AvgIpc) is 3.31. The maximum atomic E-state index is 10.3. The topological polar surface area (TPSA) is 83.8 Å². The molecule has 7 heteroatoms. The molecule has 1 aliphatic carbocycles. The maximum absolute atomic E-state index is 10.3. The van der Waals surface area contributed by atoms with Crippen LogP contribution in [-0.4, -0.2) is 31.6 Å². The second-order valence-corrected chi connectivity index (χ2v) is 6.61. The lowest BCUT2D eigenvalue weighted by atomic mass is 10.2. The molecule has 1 unspecified atom stereocenters. The van der Waals surface area contributed by atoms with E-state index in [0.29, 0.717) is 12.4 Å². The molecule has 3 heterocycles. The van der Waals surface area contributed by atoms with Crippen LogP contribution in [0.4, 0.5) is 5.82 Å². The highest BCUT2D eigenvalue weighted by Gasteiger charge is 2.21. The standard InChI is InChI=1S/C17H17N5OS/c23-14(15-9-18-10-24-15)8-20-16-11-4-3-6-12(11)21-17(22-16)13-5-1-2-7-19-13/h1-2,5,7,9-10,14,23H,3-4,6,8H2,(H,20,21,22). The van der Waals surface area contributed by atoms with Gasteiger partial charge < -0.3 is 10.4 Å². The van der Waals surface area contributed by atoms with Gasteiger partial charge in [-0.2, -0.15) is 0 Å². The molecule has 0 amide bonds. The van der Waals surface area contributed by atoms with E-state index in [4.69, 9.17) is 0 Å². The molecule has 0 bridgehead atoms. The van der Waals surface area contributed by atoms with Gasteiger partial charge in [0.25, 0.3) is 0 Å². The molecule has 0 aliphatic heterocycles. The van der Waals surface area contributed by atoms with Crippen LogP contribution in [-0.2, 0) is 12.8 Å². The number of thiazole rings is 1. The number of nitrogens with one attached hydrogen (secondary N) is 1. The van der Waals surface area contributed by atoms with Crippen molar-refractivity contribution >= 4 is 17.2 Å². The number of pyridine rings is 1. The Labute approximate surface area is 143 Å². The Bertz CT molecular complexity index is 823. The van der Waals surface area contributed by atoms with Gasteiger partial charge in [-0.25, -0.2) is 9.97 Å². The van der Waals surface area contributed by atoms with Crippen LogP contribution in [0.1, 0.15) is 28.7 Å². The van der Waals surface area contributed by atoms with Crippen molar-refractivity contribution in [2.24, 2.45) is 0 Å². The van der Waals surface area contributed by atoms with E-state index in [9.17, 15) is 5.11 Å². The Morgan fingerprint density at radius 1 is 1.25 bits per heavy atom. The third kappa shape index (κ3) is 3.00. The fourth-order valence-corrected chi connectivity index (χ4v) is 3.48. The largest absolute Gasteiger partial charge is 0.386 e. The number of hydrogen-bond donors (Lipinski definition) is 2. The summed E-state index contributed by atoms with van der Waals surface area (Å²) in [6, 6.07) is 5.72. The van der Waals surface area contributed by atoms with Gasteiger partial charge in [0, 0.05) is 30.2 Å². The van der Waals surface area contributed by atoms with Gasteiger partial charge in [-0.1, -0.05) is 6.07 Å². The summed E-state index contributed by atoms with van der Waals surface area (Å²) in [5.74, 6) is 1.44. The van der Waals surface area contributed by atoms with Crippen molar-refractivity contribution in [1.29, 1.82) is 0 Å². The molecule has 24 heavy (non-hydrogen) atoms. The average molecular weight is 339 g/mol. The fourth-order valence-electron chi connectivity index (χ4n) is 2.87. The van der Waals surface area contributed by atoms with E-state index >= 15 is 0 Å². The van der Waals surface area contributed by atoms with Crippen LogP contribution in [0.15, 0.2) is 36.1 Å². The van der Waals surface area contributed by atoms with Gasteiger partial charge in [-0.3, -0.25) is 9.97 Å². The molecule has 1 aliphatic rings. The summed E-state index contributed by atoms with van der Waals surface area (Å²) in [7, 11) is 0. The molecule has 0 spiro atoms. The van der Waals surface area contributed by atoms with E-state index in [2.05, 4.69) is 25.3 Å². The molecule has 3 aromatic heterocycles. The van der Waals surface area contributed by atoms with Crippen molar-refractivity contribution in [2.75, 3.05) is 11.9 Å². The van der Waals surface area contributed by atoms with Gasteiger partial charge in [0.1, 0.15) is 17.6 Å². The molecule has 0 saturated heterocycles. The fraction of sp³-hybridized carbons (Fsp3) is 0.294. The van der Waals surface area contributed by atoms with Crippen molar-refractivity contribution in [3.05, 3.63) is 52.2 Å². The predicted molar refractivity (Wildman–Crippen MR) is 92.9 cm³/mol. The summed E-state index contributed by atoms with van der Waals surface area (Å²) in [5, 5.41) is 13.6. The van der Waals surface area contributed by atoms with Crippen LogP contribution in [0.2, 0.25) is 0 Å². The van der Waals surface area contributed by atoms with Crippen molar-refractivity contribution in [3.63, 3.8) is 0 Å². The number of aromatic nitrogens is 4. The number of nitrogens with zero attached hydrogens (tertiary/aromatic N) is 4. The molecule has 1 atom stereocenters. The smallest absolute Gasteiger partial charge is 0.180 e. The number of anilines is 1. The second-order valence-electron chi connectivity index (χ2n) is 5.69. The van der Waals surface area contributed by atoms with E-state index in [1.807, 2.05) is 18.2 Å². The quantitative estimate of drug-likeness (QED) is 0.743. The molecule has 4 rings (SSSR count). The van der Waals surface area contributed by atoms with Crippen molar-refractivity contribution in [3.8, 4) is 11.5 Å². The van der Waals surface area contributed by atoms with Crippen LogP contribution < -0.4 is 5.32 Å². The zero-order valence-electron chi connectivity index (χ0n) is 13.0. The van der Waals surface area contributed by atoms with Crippen LogP contribution in [0.5, 0.6) is 0 Å². The molecular weight excluding hydrogens is 322 g/mol. The normalized spacial score (nSPS) is 14.4. The minimum absolute atomic E-state index is 0.396. The van der Waals surface area contributed by atoms with Gasteiger partial charge in [-0.05, 0) is 31.4 Å². The lowest BCUT2D eigenvalue weighted by Gasteiger charge is -2.14. The highest BCUT2D eigenvalue weighted by molar-refractivity contribution is 7.09. The first-order chi connectivity index (χ1) is 11.8. The van der Waals surface area contributed by atoms with Crippen LogP contribution in [0, 0.1) is 0 Å². The zero-order valence-corrected chi connectivity index (χ0v) is 13.8. The molecular formula is C17H17N5OS. The van der Waals surface area contributed by atoms with Crippen molar-refractivity contribution in [2.45, 2.75) is 25.4 Å². The number of hydrogen-bond acceptors (Lipinski definition) is 7. The van der Waals surface area contributed by atoms with Crippen LogP contribution in [0.3, 0.4) is 0 Å². The molecule has 0 fully saturated rings. The first-order valence-electron chi connectivity index (χ1n) is 7.93. The zero-order chi connectivity index (χ0) is 16.4. The van der Waals surface area contributed by atoms with Gasteiger partial charge in [0.2, 0.25) is 0 Å². The van der Waals surface area contributed by atoms with E-state index in [1.54, 1.807) is 17.9 Å². The first-order valence-corrected chi connectivity index (χ1v) is 8.81. The van der Waals surface area contributed by atoms with Crippen LogP contribution >= 0.6 is 11.3 Å². The van der Waals surface area contributed by atoms with E-state index in [0.717, 1.165) is 46.9 Å². The number of fused-ring (bicyclic) bond motifs is 1. The molecule has 122 valence electrons. The number of aryl methyl sites for hydroxylation is 1. The van der Waals surface area contributed by atoms with E-state index in [-0.39, 0.29) is 0 Å². The molecule has 0 radical (unpaired) electrons. The Morgan fingerprint density at radius 2 is 2.21 bits per heavy atom. The monoisotopic (exact) mass is 339 g/mol. The number of aliphatic hydroxyl groups excluding tert-OH is 1. The van der Waals surface area contributed by atoms with Crippen molar-refractivity contribution < 1.29 is 5.11 Å². The molecule has 3 aromatic rings. The minimum atomic E-state index is -0.595. The summed E-state index contributed by atoms with van der Waals surface area (Å²) in [6.45, 7) is 0.396. The summed E-state index contributed by atoms with van der Waals surface area (Å²) in [6.07, 6.45) is 5.86. The first kappa shape index (κ1) is 15.2. The van der Waals surface area contributed by atoms with Gasteiger partial charge in [-0.15, -0.1) is 11.3 Å². The van der Waals surface area contributed by atoms with Gasteiger partial charge in [0.15, 0.2) is 5.82 Å². The molecule has 0 aromatic carbocycles. The number of rotatable bonds is 5. The summed E-state index contributed by atoms with van der Waals surface area (Å²) in [5.41, 5.74) is 4.73. The van der Waals surface area contributed by atoms with Gasteiger partial charge in [0.05, 0.1) is 10.4 Å². The Hall–Kier alpha value is -2.38. The summed E-state index contributed by atoms with van der Waals surface area (Å²) >= 11 is 1.45. The Kier molecular flexibility index (Phi) is 4.18. The highest BCUT2D eigenvalue weighted by Crippen LogP contribution is 2.29. The highest BCUT2D eigenvalue weighted by atomic mass is 32.1. The maximum Gasteiger partial charge on any atom is 0.180 e. The second kappa shape index (κ2) is 6.62. The number of aliphatic hydroxyl groups is 1. The lowest BCUT2D eigenvalue weighted by Crippen LogP contribution is -2.14. The summed E-state index contributed by atoms with van der Waals surface area (Å²) < 4.78 is 0.